The Labute approximate surface area is 132 Å². The summed E-state index contributed by atoms with van der Waals surface area (Å²) in [5, 5.41) is 11.6. The van der Waals surface area contributed by atoms with Gasteiger partial charge in [0, 0.05) is 6.54 Å². The van der Waals surface area contributed by atoms with Crippen molar-refractivity contribution in [3.63, 3.8) is 0 Å². The molecule has 1 aromatic rings. The molecule has 2 fully saturated rings. The van der Waals surface area contributed by atoms with E-state index in [4.69, 9.17) is 0 Å². The number of amides is 2. The minimum atomic E-state index is -1.09. The fourth-order valence-electron chi connectivity index (χ4n) is 3.70. The van der Waals surface area contributed by atoms with Gasteiger partial charge in [-0.05, 0) is 36.8 Å². The van der Waals surface area contributed by atoms with Crippen molar-refractivity contribution < 1.29 is 23.9 Å². The predicted molar refractivity (Wildman–Crippen MR) is 79.0 cm³/mol. The molecule has 0 radical (unpaired) electrons. The average Bonchev–Trinajstić information content (AvgIpc) is 3.08. The van der Waals surface area contributed by atoms with Gasteiger partial charge in [-0.25, -0.2) is 9.18 Å². The molecule has 3 rings (SSSR count). The first-order valence-corrected chi connectivity index (χ1v) is 7.58. The summed E-state index contributed by atoms with van der Waals surface area (Å²) in [6.07, 6.45) is 2.57. The van der Waals surface area contributed by atoms with Gasteiger partial charge in [0.2, 0.25) is 0 Å². The highest BCUT2D eigenvalue weighted by Gasteiger charge is 2.50. The standard InChI is InChI=1S/C16H17FN2O4/c17-11-6-1-2-7-12(11)18-14(20)15(21)19-8-9-4-3-5-10(9)13(19)16(22)23/h1-2,6-7,9-10,13H,3-5,8H2,(H,18,20)(H,22,23)/t9-,10?,13-/m0/s1. The summed E-state index contributed by atoms with van der Waals surface area (Å²) in [6, 6.07) is 4.54. The lowest BCUT2D eigenvalue weighted by Gasteiger charge is -2.23. The number of para-hydroxylation sites is 1. The molecule has 6 nitrogen and oxygen atoms in total. The minimum Gasteiger partial charge on any atom is -0.480 e. The Balaban J connectivity index is 1.75. The third-order valence-electron chi connectivity index (χ3n) is 4.72. The first-order valence-electron chi connectivity index (χ1n) is 7.58. The number of carboxylic acid groups (broad SMARTS) is 1. The van der Waals surface area contributed by atoms with E-state index in [1.165, 1.54) is 24.3 Å². The van der Waals surface area contributed by atoms with E-state index in [1.807, 2.05) is 0 Å². The zero-order chi connectivity index (χ0) is 16.6. The molecule has 3 atom stereocenters. The van der Waals surface area contributed by atoms with Crippen LogP contribution < -0.4 is 5.32 Å². The van der Waals surface area contributed by atoms with Crippen molar-refractivity contribution in [2.24, 2.45) is 11.8 Å². The number of hydrogen-bond acceptors (Lipinski definition) is 3. The summed E-state index contributed by atoms with van der Waals surface area (Å²) < 4.78 is 13.5. The largest absolute Gasteiger partial charge is 0.480 e. The molecule has 1 heterocycles. The zero-order valence-electron chi connectivity index (χ0n) is 12.4. The smallest absolute Gasteiger partial charge is 0.326 e. The fourth-order valence-corrected chi connectivity index (χ4v) is 3.70. The number of carbonyl (C=O) groups is 3. The van der Waals surface area contributed by atoms with Crippen LogP contribution in [0.3, 0.4) is 0 Å². The number of rotatable bonds is 2. The van der Waals surface area contributed by atoms with E-state index in [9.17, 15) is 23.9 Å². The molecule has 1 aliphatic heterocycles. The van der Waals surface area contributed by atoms with Crippen molar-refractivity contribution in [2.75, 3.05) is 11.9 Å². The molecule has 1 aromatic carbocycles. The predicted octanol–water partition coefficient (Wildman–Crippen LogP) is 1.48. The Bertz CT molecular complexity index is 663. The van der Waals surface area contributed by atoms with Gasteiger partial charge in [-0.1, -0.05) is 18.6 Å². The molecular formula is C16H17FN2O4. The average molecular weight is 320 g/mol. The maximum absolute atomic E-state index is 13.5. The van der Waals surface area contributed by atoms with E-state index in [2.05, 4.69) is 5.32 Å². The van der Waals surface area contributed by atoms with Crippen molar-refractivity contribution in [3.8, 4) is 0 Å². The molecule has 2 N–H and O–H groups in total. The molecule has 1 saturated carbocycles. The van der Waals surface area contributed by atoms with Gasteiger partial charge in [0.25, 0.3) is 0 Å². The maximum Gasteiger partial charge on any atom is 0.326 e. The van der Waals surface area contributed by atoms with E-state index in [0.29, 0.717) is 0 Å². The number of anilines is 1. The van der Waals surface area contributed by atoms with Gasteiger partial charge in [0.05, 0.1) is 5.69 Å². The number of halogens is 1. The number of benzene rings is 1. The minimum absolute atomic E-state index is 0.0993. The number of carbonyl (C=O) groups excluding carboxylic acids is 2. The summed E-state index contributed by atoms with van der Waals surface area (Å²) in [6.45, 7) is 0.269. The molecular weight excluding hydrogens is 303 g/mol. The van der Waals surface area contributed by atoms with E-state index in [1.54, 1.807) is 0 Å². The Morgan fingerprint density at radius 3 is 2.65 bits per heavy atom. The first-order chi connectivity index (χ1) is 11.0. The lowest BCUT2D eigenvalue weighted by atomic mass is 9.94. The molecule has 1 aliphatic carbocycles. The SMILES string of the molecule is O=C(Nc1ccccc1F)C(=O)N1C[C@@H]2CCCC2[C@H]1C(=O)O. The maximum atomic E-state index is 13.5. The Hall–Kier alpha value is -2.44. The fraction of sp³-hybridized carbons (Fsp3) is 0.438. The number of nitrogens with one attached hydrogen (secondary N) is 1. The van der Waals surface area contributed by atoms with Gasteiger partial charge in [-0.2, -0.15) is 0 Å². The quantitative estimate of drug-likeness (QED) is 0.808. The molecule has 23 heavy (non-hydrogen) atoms. The van der Waals surface area contributed by atoms with Crippen LogP contribution in [0.25, 0.3) is 0 Å². The number of aliphatic carboxylic acids is 1. The second-order valence-corrected chi connectivity index (χ2v) is 6.03. The van der Waals surface area contributed by atoms with Gasteiger partial charge in [-0.3, -0.25) is 9.59 Å². The second-order valence-electron chi connectivity index (χ2n) is 6.03. The number of carboxylic acids is 1. The lowest BCUT2D eigenvalue weighted by molar-refractivity contribution is -0.152. The molecule has 0 bridgehead atoms. The van der Waals surface area contributed by atoms with E-state index >= 15 is 0 Å². The molecule has 2 amide bonds. The van der Waals surface area contributed by atoms with Gasteiger partial charge >= 0.3 is 17.8 Å². The summed E-state index contributed by atoms with van der Waals surface area (Å²) in [5.74, 6) is -3.65. The molecule has 0 aromatic heterocycles. The van der Waals surface area contributed by atoms with Gasteiger partial charge in [0.15, 0.2) is 0 Å². The molecule has 7 heteroatoms. The van der Waals surface area contributed by atoms with Crippen molar-refractivity contribution in [1.82, 2.24) is 4.90 Å². The van der Waals surface area contributed by atoms with Crippen LogP contribution in [-0.2, 0) is 14.4 Å². The summed E-state index contributed by atoms with van der Waals surface area (Å²) in [4.78, 5) is 37.0. The summed E-state index contributed by atoms with van der Waals surface area (Å²) in [7, 11) is 0. The number of hydrogen-bond donors (Lipinski definition) is 2. The Morgan fingerprint density at radius 1 is 1.22 bits per heavy atom. The lowest BCUT2D eigenvalue weighted by Crippen LogP contribution is -2.47. The van der Waals surface area contributed by atoms with Gasteiger partial charge < -0.3 is 15.3 Å². The highest BCUT2D eigenvalue weighted by molar-refractivity contribution is 6.40. The Morgan fingerprint density at radius 2 is 1.96 bits per heavy atom. The second kappa shape index (κ2) is 5.98. The third-order valence-corrected chi connectivity index (χ3v) is 4.72. The normalized spacial score (nSPS) is 26.0. The van der Waals surface area contributed by atoms with Crippen LogP contribution in [0.1, 0.15) is 19.3 Å². The van der Waals surface area contributed by atoms with Crippen LogP contribution >= 0.6 is 0 Å². The molecule has 122 valence electrons. The third kappa shape index (κ3) is 2.78. The Kier molecular flexibility index (Phi) is 4.02. The van der Waals surface area contributed by atoms with Crippen LogP contribution in [0.4, 0.5) is 10.1 Å². The van der Waals surface area contributed by atoms with E-state index < -0.39 is 29.6 Å². The number of fused-ring (bicyclic) bond motifs is 1. The highest BCUT2D eigenvalue weighted by Crippen LogP contribution is 2.42. The topological polar surface area (TPSA) is 86.7 Å². The van der Waals surface area contributed by atoms with Crippen LogP contribution in [0, 0.1) is 17.7 Å². The van der Waals surface area contributed by atoms with Crippen LogP contribution in [0.5, 0.6) is 0 Å². The molecule has 1 saturated heterocycles. The zero-order valence-corrected chi connectivity index (χ0v) is 12.4. The van der Waals surface area contributed by atoms with Crippen LogP contribution in [-0.4, -0.2) is 40.4 Å². The summed E-state index contributed by atoms with van der Waals surface area (Å²) in [5.41, 5.74) is -0.0999. The summed E-state index contributed by atoms with van der Waals surface area (Å²) >= 11 is 0. The molecule has 2 aliphatic rings. The molecule has 0 spiro atoms. The number of likely N-dealkylation sites (tertiary alicyclic amines) is 1. The van der Waals surface area contributed by atoms with Crippen LogP contribution in [0.15, 0.2) is 24.3 Å². The van der Waals surface area contributed by atoms with Gasteiger partial charge in [-0.15, -0.1) is 0 Å². The van der Waals surface area contributed by atoms with Crippen molar-refractivity contribution in [3.05, 3.63) is 30.1 Å². The van der Waals surface area contributed by atoms with Gasteiger partial charge in [0.1, 0.15) is 11.9 Å². The van der Waals surface area contributed by atoms with Crippen LogP contribution in [0.2, 0.25) is 0 Å². The van der Waals surface area contributed by atoms with E-state index in [-0.39, 0.29) is 24.1 Å². The monoisotopic (exact) mass is 320 g/mol. The number of nitrogens with zero attached hydrogens (tertiary/aromatic N) is 1. The van der Waals surface area contributed by atoms with E-state index in [0.717, 1.165) is 24.2 Å². The van der Waals surface area contributed by atoms with Crippen molar-refractivity contribution in [2.45, 2.75) is 25.3 Å². The van der Waals surface area contributed by atoms with Crippen molar-refractivity contribution >= 4 is 23.5 Å². The first kappa shape index (κ1) is 15.5. The molecule has 1 unspecified atom stereocenters. The highest BCUT2D eigenvalue weighted by atomic mass is 19.1. The van der Waals surface area contributed by atoms with Crippen molar-refractivity contribution in [1.29, 1.82) is 0 Å².